The van der Waals surface area contributed by atoms with Gasteiger partial charge in [-0.05, 0) is 12.3 Å². The number of fused-ring (bicyclic) bond motifs is 1. The lowest BCUT2D eigenvalue weighted by Crippen LogP contribution is -2.66. The van der Waals surface area contributed by atoms with E-state index in [0.29, 0.717) is 11.7 Å². The molecule has 0 amide bonds. The van der Waals surface area contributed by atoms with Crippen molar-refractivity contribution in [1.82, 2.24) is 9.80 Å². The third kappa shape index (κ3) is 1.66. The van der Waals surface area contributed by atoms with E-state index in [2.05, 4.69) is 30.6 Å². The molecule has 0 aromatic rings. The van der Waals surface area contributed by atoms with Crippen molar-refractivity contribution in [2.24, 2.45) is 16.7 Å². The fraction of sp³-hybridized carbons (Fsp3) is 0.929. The quantitative estimate of drug-likeness (QED) is 0.721. The van der Waals surface area contributed by atoms with Gasteiger partial charge in [-0.15, -0.1) is 0 Å². The van der Waals surface area contributed by atoms with Crippen LogP contribution in [0.5, 0.6) is 0 Å². The summed E-state index contributed by atoms with van der Waals surface area (Å²) in [5.74, 6) is 1.18. The Morgan fingerprint density at radius 2 is 1.65 bits per heavy atom. The molecule has 0 aromatic heterocycles. The van der Waals surface area contributed by atoms with E-state index in [1.54, 1.807) is 0 Å². The predicted octanol–water partition coefficient (Wildman–Crippen LogP) is 1.24. The zero-order valence-electron chi connectivity index (χ0n) is 11.3. The Bertz CT molecular complexity index is 334. The summed E-state index contributed by atoms with van der Waals surface area (Å²) in [5, 5.41) is 0. The second kappa shape index (κ2) is 3.55. The van der Waals surface area contributed by atoms with E-state index >= 15 is 0 Å². The molecule has 17 heavy (non-hydrogen) atoms. The summed E-state index contributed by atoms with van der Waals surface area (Å²) in [4.78, 5) is 17.9. The van der Waals surface area contributed by atoms with Gasteiger partial charge in [-0.1, -0.05) is 20.8 Å². The summed E-state index contributed by atoms with van der Waals surface area (Å²) in [6.45, 7) is 13.0. The SMILES string of the molecule is CC(C)CC12CN3CCN(CC(C)(C3)C1=O)C2. The predicted molar refractivity (Wildman–Crippen MR) is 67.9 cm³/mol. The Hall–Kier alpha value is -0.410. The first kappa shape index (κ1) is 11.7. The largest absolute Gasteiger partial charge is 0.300 e. The minimum absolute atomic E-state index is 0.0596. The van der Waals surface area contributed by atoms with Gasteiger partial charge in [0.15, 0.2) is 0 Å². The van der Waals surface area contributed by atoms with Gasteiger partial charge in [-0.3, -0.25) is 14.6 Å². The number of rotatable bonds is 2. The second-order valence-corrected chi connectivity index (χ2v) is 7.19. The van der Waals surface area contributed by atoms with E-state index < -0.39 is 0 Å². The number of carbonyl (C=O) groups is 1. The molecular weight excluding hydrogens is 212 g/mol. The molecule has 0 spiro atoms. The van der Waals surface area contributed by atoms with Gasteiger partial charge >= 0.3 is 0 Å². The van der Waals surface area contributed by atoms with Crippen LogP contribution in [0, 0.1) is 16.7 Å². The molecule has 4 heterocycles. The fourth-order valence-corrected chi connectivity index (χ4v) is 4.58. The summed E-state index contributed by atoms with van der Waals surface area (Å²) in [6.07, 6.45) is 1.06. The molecule has 0 radical (unpaired) electrons. The van der Waals surface area contributed by atoms with Crippen LogP contribution in [0.2, 0.25) is 0 Å². The van der Waals surface area contributed by atoms with Crippen LogP contribution in [-0.2, 0) is 4.79 Å². The van der Waals surface area contributed by atoms with Gasteiger partial charge in [-0.25, -0.2) is 0 Å². The molecule has 0 N–H and O–H groups in total. The van der Waals surface area contributed by atoms with E-state index in [0.717, 1.165) is 45.7 Å². The van der Waals surface area contributed by atoms with Crippen molar-refractivity contribution >= 4 is 5.78 Å². The van der Waals surface area contributed by atoms with Crippen LogP contribution in [-0.4, -0.2) is 54.9 Å². The Labute approximate surface area is 104 Å². The highest BCUT2D eigenvalue weighted by Gasteiger charge is 2.58. The van der Waals surface area contributed by atoms with Crippen molar-refractivity contribution in [2.75, 3.05) is 39.3 Å². The van der Waals surface area contributed by atoms with Crippen molar-refractivity contribution < 1.29 is 4.79 Å². The summed E-state index contributed by atoms with van der Waals surface area (Å²) >= 11 is 0. The Morgan fingerprint density at radius 3 is 2.12 bits per heavy atom. The highest BCUT2D eigenvalue weighted by molar-refractivity contribution is 5.92. The standard InChI is InChI=1S/C14H24N2O/c1-11(2)6-14-9-15-4-5-16(10-14)8-13(3,7-15)12(14)17/h11H,4-10H2,1-3H3. The van der Waals surface area contributed by atoms with Gasteiger partial charge in [0, 0.05) is 39.3 Å². The zero-order chi connectivity index (χ0) is 12.3. The number of ketones is 1. The van der Waals surface area contributed by atoms with Crippen molar-refractivity contribution in [3.63, 3.8) is 0 Å². The second-order valence-electron chi connectivity index (χ2n) is 7.19. The number of nitrogens with zero attached hydrogens (tertiary/aromatic N) is 2. The molecule has 4 fully saturated rings. The maximum atomic E-state index is 12.9. The number of piperidine rings is 2. The first-order valence-electron chi connectivity index (χ1n) is 6.93. The monoisotopic (exact) mass is 236 g/mol. The summed E-state index contributed by atoms with van der Waals surface area (Å²) in [5.41, 5.74) is -0.155. The molecule has 4 saturated heterocycles. The van der Waals surface area contributed by atoms with Gasteiger partial charge in [0.05, 0.1) is 10.8 Å². The number of Topliss-reactive ketones (excluding diaryl/α,β-unsaturated/α-hetero) is 1. The molecular formula is C14H24N2O. The highest BCUT2D eigenvalue weighted by atomic mass is 16.1. The average Bonchev–Trinajstić information content (AvgIpc) is 2.40. The molecule has 3 nitrogen and oxygen atoms in total. The molecule has 3 heteroatoms. The van der Waals surface area contributed by atoms with E-state index in [1.807, 2.05) is 0 Å². The molecule has 2 atom stereocenters. The Balaban J connectivity index is 2.00. The molecule has 0 aromatic carbocycles. The average molecular weight is 236 g/mol. The van der Waals surface area contributed by atoms with E-state index in [4.69, 9.17) is 0 Å². The lowest BCUT2D eigenvalue weighted by Gasteiger charge is -2.53. The molecule has 0 saturated carbocycles. The third-order valence-corrected chi connectivity index (χ3v) is 4.76. The lowest BCUT2D eigenvalue weighted by atomic mass is 9.61. The molecule has 2 unspecified atom stereocenters. The molecule has 4 aliphatic heterocycles. The molecule has 4 bridgehead atoms. The first-order valence-corrected chi connectivity index (χ1v) is 6.93. The first-order chi connectivity index (χ1) is 7.93. The molecule has 0 aliphatic carbocycles. The number of hydrogen-bond acceptors (Lipinski definition) is 3. The Morgan fingerprint density at radius 1 is 1.12 bits per heavy atom. The van der Waals surface area contributed by atoms with E-state index in [-0.39, 0.29) is 10.8 Å². The smallest absolute Gasteiger partial charge is 0.150 e. The fourth-order valence-electron chi connectivity index (χ4n) is 4.58. The lowest BCUT2D eigenvalue weighted by molar-refractivity contribution is -0.155. The van der Waals surface area contributed by atoms with Crippen LogP contribution in [0.1, 0.15) is 27.2 Å². The molecule has 96 valence electrons. The Kier molecular flexibility index (Phi) is 2.43. The van der Waals surface area contributed by atoms with Crippen molar-refractivity contribution in [3.8, 4) is 0 Å². The minimum Gasteiger partial charge on any atom is -0.300 e. The summed E-state index contributed by atoms with van der Waals surface area (Å²) in [7, 11) is 0. The van der Waals surface area contributed by atoms with E-state index in [1.165, 1.54) is 0 Å². The van der Waals surface area contributed by atoms with Gasteiger partial charge in [0.25, 0.3) is 0 Å². The van der Waals surface area contributed by atoms with Crippen LogP contribution in [0.25, 0.3) is 0 Å². The highest BCUT2D eigenvalue weighted by Crippen LogP contribution is 2.47. The summed E-state index contributed by atoms with van der Waals surface area (Å²) < 4.78 is 0. The number of carbonyl (C=O) groups excluding carboxylic acids is 1. The maximum Gasteiger partial charge on any atom is 0.150 e. The van der Waals surface area contributed by atoms with Crippen LogP contribution < -0.4 is 0 Å². The molecule has 4 aliphatic rings. The van der Waals surface area contributed by atoms with Crippen molar-refractivity contribution in [3.05, 3.63) is 0 Å². The van der Waals surface area contributed by atoms with Crippen LogP contribution >= 0.6 is 0 Å². The van der Waals surface area contributed by atoms with Gasteiger partial charge in [0.2, 0.25) is 0 Å². The topological polar surface area (TPSA) is 23.6 Å². The minimum atomic E-state index is -0.0953. The van der Waals surface area contributed by atoms with Gasteiger partial charge in [-0.2, -0.15) is 0 Å². The van der Waals surface area contributed by atoms with Gasteiger partial charge in [0.1, 0.15) is 5.78 Å². The van der Waals surface area contributed by atoms with Crippen LogP contribution in [0.3, 0.4) is 0 Å². The van der Waals surface area contributed by atoms with Crippen LogP contribution in [0.15, 0.2) is 0 Å². The number of hydrogen-bond donors (Lipinski definition) is 0. The normalized spacial score (nSPS) is 48.8. The zero-order valence-corrected chi connectivity index (χ0v) is 11.3. The summed E-state index contributed by atoms with van der Waals surface area (Å²) in [6, 6.07) is 0. The van der Waals surface area contributed by atoms with Crippen LogP contribution in [0.4, 0.5) is 0 Å². The third-order valence-electron chi connectivity index (χ3n) is 4.76. The van der Waals surface area contributed by atoms with E-state index in [9.17, 15) is 4.79 Å². The maximum absolute atomic E-state index is 12.9. The van der Waals surface area contributed by atoms with Crippen molar-refractivity contribution in [2.45, 2.75) is 27.2 Å². The van der Waals surface area contributed by atoms with Gasteiger partial charge < -0.3 is 0 Å². The van der Waals surface area contributed by atoms with Crippen molar-refractivity contribution in [1.29, 1.82) is 0 Å². The molecule has 4 rings (SSSR count).